The van der Waals surface area contributed by atoms with E-state index in [0.717, 1.165) is 76.9 Å². The molecule has 0 bridgehead atoms. The molecule has 54 heavy (non-hydrogen) atoms. The molecule has 1 heterocycles. The molecule has 0 unspecified atom stereocenters. The molecule has 258 valence electrons. The van der Waals surface area contributed by atoms with Gasteiger partial charge in [-0.05, 0) is 91.3 Å². The van der Waals surface area contributed by atoms with Gasteiger partial charge >= 0.3 is 0 Å². The molecule has 0 aliphatic rings. The van der Waals surface area contributed by atoms with Crippen molar-refractivity contribution in [2.75, 3.05) is 0 Å². The second kappa shape index (κ2) is 12.2. The first-order valence-corrected chi connectivity index (χ1v) is 18.2. The Bertz CT molecular complexity index is 3090. The third kappa shape index (κ3) is 4.70. The van der Waals surface area contributed by atoms with Crippen molar-refractivity contribution >= 4 is 65.9 Å². The fourth-order valence-corrected chi connectivity index (χ4v) is 8.52. The number of halogens is 1. The zero-order valence-electron chi connectivity index (χ0n) is 29.1. The molecule has 0 aliphatic heterocycles. The maximum Gasteiger partial charge on any atom is 0.149 e. The highest BCUT2D eigenvalue weighted by Gasteiger charge is 2.26. The van der Waals surface area contributed by atoms with E-state index in [1.165, 1.54) is 10.8 Å². The lowest BCUT2D eigenvalue weighted by Gasteiger charge is -2.21. The van der Waals surface area contributed by atoms with Gasteiger partial charge in [-0.15, -0.1) is 0 Å². The number of para-hydroxylation sites is 1. The minimum absolute atomic E-state index is 0.182. The second-order valence-electron chi connectivity index (χ2n) is 13.8. The molecule has 0 saturated heterocycles. The zero-order chi connectivity index (χ0) is 36.7. The van der Waals surface area contributed by atoms with Gasteiger partial charge in [0.25, 0.3) is 0 Å². The summed E-state index contributed by atoms with van der Waals surface area (Å²) in [6.45, 7) is 1.58. The standard InChI is InChI=1S/C49H31ClO4/c1-27-47(51)45(49(53)46(50)48(27)52)43-36-17-6-4-15-34(36)41(35-16-5-7-18-37(35)43)31-13-10-14-32(26-31)42-33(30-22-21-28-11-2-3-12-29(28)25-30)23-24-40-44(42)38-19-8-9-20-39(38)54-40/h2-26,51-53H,1H3. The van der Waals surface area contributed by atoms with E-state index in [4.69, 9.17) is 16.0 Å². The summed E-state index contributed by atoms with van der Waals surface area (Å²) in [7, 11) is 0. The maximum atomic E-state index is 11.4. The molecule has 0 aliphatic carbocycles. The Morgan fingerprint density at radius 1 is 0.426 bits per heavy atom. The second-order valence-corrected chi connectivity index (χ2v) is 14.2. The number of hydrogen-bond donors (Lipinski definition) is 3. The minimum Gasteiger partial charge on any atom is -0.507 e. The van der Waals surface area contributed by atoms with Crippen molar-refractivity contribution in [2.24, 2.45) is 0 Å². The molecule has 0 atom stereocenters. The van der Waals surface area contributed by atoms with Crippen molar-refractivity contribution in [3.63, 3.8) is 0 Å². The SMILES string of the molecule is Cc1c(O)c(Cl)c(O)c(-c2c3ccccc3c(-c3cccc(-c4c(-c5ccc6ccccc6c5)ccc5oc6ccccc6c45)c3)c3ccccc23)c1O. The van der Waals surface area contributed by atoms with Crippen LogP contribution in [-0.2, 0) is 0 Å². The largest absolute Gasteiger partial charge is 0.507 e. The number of benzene rings is 9. The Morgan fingerprint density at radius 3 is 1.72 bits per heavy atom. The van der Waals surface area contributed by atoms with Gasteiger partial charge in [0, 0.05) is 27.5 Å². The van der Waals surface area contributed by atoms with Gasteiger partial charge in [-0.25, -0.2) is 0 Å². The van der Waals surface area contributed by atoms with Crippen LogP contribution in [0.1, 0.15) is 5.56 Å². The third-order valence-electron chi connectivity index (χ3n) is 10.8. The van der Waals surface area contributed by atoms with Crippen molar-refractivity contribution in [1.29, 1.82) is 0 Å². The zero-order valence-corrected chi connectivity index (χ0v) is 29.8. The Morgan fingerprint density at radius 2 is 1.02 bits per heavy atom. The lowest BCUT2D eigenvalue weighted by atomic mass is 9.84. The van der Waals surface area contributed by atoms with Gasteiger partial charge in [0.05, 0.1) is 5.56 Å². The molecule has 0 saturated carbocycles. The number of hydrogen-bond acceptors (Lipinski definition) is 4. The fraction of sp³-hybridized carbons (Fsp3) is 0.0204. The average molecular weight is 719 g/mol. The predicted molar refractivity (Wildman–Crippen MR) is 223 cm³/mol. The maximum absolute atomic E-state index is 11.4. The molecule has 10 rings (SSSR count). The molecule has 0 radical (unpaired) electrons. The van der Waals surface area contributed by atoms with Gasteiger partial charge in [0.1, 0.15) is 33.4 Å². The van der Waals surface area contributed by atoms with E-state index >= 15 is 0 Å². The van der Waals surface area contributed by atoms with Gasteiger partial charge in [-0.1, -0.05) is 139 Å². The molecule has 0 spiro atoms. The van der Waals surface area contributed by atoms with E-state index in [-0.39, 0.29) is 33.4 Å². The topological polar surface area (TPSA) is 73.8 Å². The van der Waals surface area contributed by atoms with E-state index < -0.39 is 0 Å². The van der Waals surface area contributed by atoms with Gasteiger partial charge in [0.2, 0.25) is 0 Å². The molecule has 1 aromatic heterocycles. The first kappa shape index (κ1) is 31.9. The average Bonchev–Trinajstić information content (AvgIpc) is 3.60. The first-order valence-electron chi connectivity index (χ1n) is 17.8. The van der Waals surface area contributed by atoms with Crippen LogP contribution in [0.25, 0.3) is 98.8 Å². The van der Waals surface area contributed by atoms with Gasteiger partial charge in [-0.2, -0.15) is 0 Å². The van der Waals surface area contributed by atoms with Crippen molar-refractivity contribution in [2.45, 2.75) is 6.92 Å². The summed E-state index contributed by atoms with van der Waals surface area (Å²) in [6, 6.07) is 52.2. The number of phenols is 3. The Labute approximate surface area is 315 Å². The van der Waals surface area contributed by atoms with Crippen LogP contribution in [0.5, 0.6) is 17.2 Å². The smallest absolute Gasteiger partial charge is 0.149 e. The highest BCUT2D eigenvalue weighted by Crippen LogP contribution is 2.54. The van der Waals surface area contributed by atoms with E-state index in [1.807, 2.05) is 48.5 Å². The van der Waals surface area contributed by atoms with Crippen molar-refractivity contribution in [3.8, 4) is 61.8 Å². The van der Waals surface area contributed by atoms with Crippen LogP contribution in [-0.4, -0.2) is 15.3 Å². The van der Waals surface area contributed by atoms with Gasteiger partial charge in [-0.3, -0.25) is 0 Å². The van der Waals surface area contributed by atoms with Gasteiger partial charge in [0.15, 0.2) is 0 Å². The summed E-state index contributed by atoms with van der Waals surface area (Å²) in [5.74, 6) is -0.939. The Kier molecular flexibility index (Phi) is 7.19. The predicted octanol–water partition coefficient (Wildman–Crippen LogP) is 13.8. The van der Waals surface area contributed by atoms with Crippen LogP contribution < -0.4 is 0 Å². The van der Waals surface area contributed by atoms with Crippen LogP contribution in [0.4, 0.5) is 0 Å². The quantitative estimate of drug-likeness (QED) is 0.158. The lowest BCUT2D eigenvalue weighted by molar-refractivity contribution is 0.425. The monoisotopic (exact) mass is 718 g/mol. The minimum atomic E-state index is -0.371. The molecule has 0 fully saturated rings. The highest BCUT2D eigenvalue weighted by molar-refractivity contribution is 6.35. The third-order valence-corrected chi connectivity index (χ3v) is 11.2. The first-order chi connectivity index (χ1) is 26.4. The lowest BCUT2D eigenvalue weighted by Crippen LogP contribution is -1.94. The highest BCUT2D eigenvalue weighted by atomic mass is 35.5. The van der Waals surface area contributed by atoms with E-state index in [0.29, 0.717) is 5.56 Å². The van der Waals surface area contributed by atoms with Crippen LogP contribution in [0.3, 0.4) is 0 Å². The van der Waals surface area contributed by atoms with Crippen molar-refractivity contribution in [1.82, 2.24) is 0 Å². The molecule has 10 aromatic rings. The Hall–Kier alpha value is -6.75. The molecule has 0 amide bonds. The van der Waals surface area contributed by atoms with Crippen LogP contribution in [0.15, 0.2) is 156 Å². The molecule has 3 N–H and O–H groups in total. The van der Waals surface area contributed by atoms with Crippen molar-refractivity contribution < 1.29 is 19.7 Å². The van der Waals surface area contributed by atoms with Crippen LogP contribution >= 0.6 is 11.6 Å². The van der Waals surface area contributed by atoms with E-state index in [2.05, 4.69) is 103 Å². The normalized spacial score (nSPS) is 11.7. The van der Waals surface area contributed by atoms with E-state index in [9.17, 15) is 15.3 Å². The van der Waals surface area contributed by atoms with Crippen LogP contribution in [0.2, 0.25) is 5.02 Å². The Balaban J connectivity index is 1.28. The number of rotatable bonds is 4. The number of furan rings is 1. The summed E-state index contributed by atoms with van der Waals surface area (Å²) in [5.41, 5.74) is 9.05. The summed E-state index contributed by atoms with van der Waals surface area (Å²) >= 11 is 6.45. The van der Waals surface area contributed by atoms with Crippen molar-refractivity contribution in [3.05, 3.63) is 162 Å². The van der Waals surface area contributed by atoms with Gasteiger partial charge < -0.3 is 19.7 Å². The van der Waals surface area contributed by atoms with Crippen LogP contribution in [0, 0.1) is 6.92 Å². The molecule has 5 heteroatoms. The number of phenolic OH excluding ortho intramolecular Hbond substituents is 3. The number of fused-ring (bicyclic) bond motifs is 6. The summed E-state index contributed by atoms with van der Waals surface area (Å²) < 4.78 is 6.44. The number of aromatic hydroxyl groups is 3. The summed E-state index contributed by atoms with van der Waals surface area (Å²) in [5, 5.41) is 41.2. The molecular formula is C49H31ClO4. The fourth-order valence-electron chi connectivity index (χ4n) is 8.29. The molecular weight excluding hydrogens is 688 g/mol. The summed E-state index contributed by atoms with van der Waals surface area (Å²) in [6.07, 6.45) is 0. The molecule has 9 aromatic carbocycles. The van der Waals surface area contributed by atoms with E-state index in [1.54, 1.807) is 6.92 Å². The molecule has 4 nitrogen and oxygen atoms in total. The summed E-state index contributed by atoms with van der Waals surface area (Å²) in [4.78, 5) is 0.